The van der Waals surface area contributed by atoms with E-state index in [1.807, 2.05) is 19.1 Å². The Morgan fingerprint density at radius 2 is 1.82 bits per heavy atom. The van der Waals surface area contributed by atoms with E-state index < -0.39 is 48.0 Å². The van der Waals surface area contributed by atoms with Crippen molar-refractivity contribution in [3.8, 4) is 6.07 Å². The standard InChI is InChI=1S/C24H35N5O5/c1-15(2)27-21(31)20(17-9-7-8-16(3)14-17)29(13-12-25)22(32)18(10-11-19(26)30)28-23(33)34-24(4,5)6/h7-9,14-15,18,20H,10-11,13H2,1-6H3,(H2,26,30)(H,27,31)(H,28,33). The summed E-state index contributed by atoms with van der Waals surface area (Å²) in [5.41, 5.74) is 5.80. The minimum absolute atomic E-state index is 0.123. The SMILES string of the molecule is Cc1cccc(C(C(=O)NC(C)C)N(CC#N)C(=O)C(CCC(N)=O)NC(=O)OC(C)(C)C)c1. The number of alkyl carbamates (subject to hydrolysis) is 1. The summed E-state index contributed by atoms with van der Waals surface area (Å²) in [5, 5.41) is 14.7. The van der Waals surface area contributed by atoms with Gasteiger partial charge in [-0.1, -0.05) is 29.8 Å². The molecule has 186 valence electrons. The first-order chi connectivity index (χ1) is 15.7. The Morgan fingerprint density at radius 3 is 2.32 bits per heavy atom. The Kier molecular flexibility index (Phi) is 10.5. The van der Waals surface area contributed by atoms with Crippen molar-refractivity contribution in [1.82, 2.24) is 15.5 Å². The lowest BCUT2D eigenvalue weighted by Gasteiger charge is -2.33. The molecule has 1 rings (SSSR count). The van der Waals surface area contributed by atoms with E-state index in [-0.39, 0.29) is 18.9 Å². The van der Waals surface area contributed by atoms with Crippen LogP contribution < -0.4 is 16.4 Å². The van der Waals surface area contributed by atoms with Gasteiger partial charge in [0.1, 0.15) is 24.2 Å². The van der Waals surface area contributed by atoms with E-state index in [1.54, 1.807) is 52.8 Å². The van der Waals surface area contributed by atoms with E-state index in [9.17, 15) is 24.4 Å². The van der Waals surface area contributed by atoms with Crippen molar-refractivity contribution < 1.29 is 23.9 Å². The van der Waals surface area contributed by atoms with E-state index in [0.29, 0.717) is 5.56 Å². The third-order valence-electron chi connectivity index (χ3n) is 4.54. The van der Waals surface area contributed by atoms with Crippen molar-refractivity contribution in [2.75, 3.05) is 6.54 Å². The first-order valence-electron chi connectivity index (χ1n) is 11.1. The predicted molar refractivity (Wildman–Crippen MR) is 126 cm³/mol. The molecule has 34 heavy (non-hydrogen) atoms. The zero-order valence-electron chi connectivity index (χ0n) is 20.7. The summed E-state index contributed by atoms with van der Waals surface area (Å²) >= 11 is 0. The molecular weight excluding hydrogens is 438 g/mol. The highest BCUT2D eigenvalue weighted by Crippen LogP contribution is 2.24. The Balaban J connectivity index is 3.43. The van der Waals surface area contributed by atoms with Gasteiger partial charge < -0.3 is 26.0 Å². The molecule has 0 saturated carbocycles. The lowest BCUT2D eigenvalue weighted by molar-refractivity contribution is -0.142. The summed E-state index contributed by atoms with van der Waals surface area (Å²) in [7, 11) is 0. The third kappa shape index (κ3) is 9.48. The molecule has 1 aromatic rings. The maximum absolute atomic E-state index is 13.6. The van der Waals surface area contributed by atoms with Gasteiger partial charge in [0.2, 0.25) is 17.7 Å². The average Bonchev–Trinajstić information content (AvgIpc) is 2.68. The highest BCUT2D eigenvalue weighted by molar-refractivity contribution is 5.92. The molecule has 10 nitrogen and oxygen atoms in total. The number of rotatable bonds is 10. The van der Waals surface area contributed by atoms with Gasteiger partial charge in [-0.3, -0.25) is 14.4 Å². The van der Waals surface area contributed by atoms with Crippen LogP contribution in [0, 0.1) is 18.3 Å². The van der Waals surface area contributed by atoms with Crippen molar-refractivity contribution in [2.45, 2.75) is 78.1 Å². The monoisotopic (exact) mass is 473 g/mol. The Morgan fingerprint density at radius 1 is 1.18 bits per heavy atom. The molecule has 0 fully saturated rings. The van der Waals surface area contributed by atoms with Crippen LogP contribution in [0.25, 0.3) is 0 Å². The molecule has 4 N–H and O–H groups in total. The van der Waals surface area contributed by atoms with E-state index >= 15 is 0 Å². The number of hydrogen-bond donors (Lipinski definition) is 3. The summed E-state index contributed by atoms with van der Waals surface area (Å²) in [5.74, 6) is -1.85. The molecule has 1 aromatic carbocycles. The summed E-state index contributed by atoms with van der Waals surface area (Å²) in [6, 6.07) is 6.36. The fourth-order valence-corrected chi connectivity index (χ4v) is 3.24. The number of ether oxygens (including phenoxy) is 1. The van der Waals surface area contributed by atoms with Gasteiger partial charge >= 0.3 is 6.09 Å². The van der Waals surface area contributed by atoms with Crippen molar-refractivity contribution in [3.63, 3.8) is 0 Å². The number of amides is 4. The van der Waals surface area contributed by atoms with E-state index in [2.05, 4.69) is 10.6 Å². The number of nitrogens with one attached hydrogen (secondary N) is 2. The van der Waals surface area contributed by atoms with E-state index in [1.165, 1.54) is 0 Å². The molecule has 2 atom stereocenters. The van der Waals surface area contributed by atoms with Crippen LogP contribution in [0.5, 0.6) is 0 Å². The van der Waals surface area contributed by atoms with E-state index in [0.717, 1.165) is 10.5 Å². The average molecular weight is 474 g/mol. The zero-order chi connectivity index (χ0) is 26.1. The highest BCUT2D eigenvalue weighted by Gasteiger charge is 2.36. The molecule has 0 aliphatic rings. The van der Waals surface area contributed by atoms with Gasteiger partial charge in [-0.15, -0.1) is 0 Å². The summed E-state index contributed by atoms with van der Waals surface area (Å²) in [6.07, 6.45) is -1.19. The van der Waals surface area contributed by atoms with Crippen LogP contribution in [0.1, 0.15) is 64.6 Å². The normalized spacial score (nSPS) is 12.8. The van der Waals surface area contributed by atoms with Crippen molar-refractivity contribution in [1.29, 1.82) is 5.26 Å². The van der Waals surface area contributed by atoms with Gasteiger partial charge in [-0.25, -0.2) is 4.79 Å². The van der Waals surface area contributed by atoms with Gasteiger partial charge in [-0.05, 0) is 53.5 Å². The van der Waals surface area contributed by atoms with Gasteiger partial charge in [0.15, 0.2) is 0 Å². The van der Waals surface area contributed by atoms with Crippen molar-refractivity contribution >= 4 is 23.8 Å². The molecule has 0 spiro atoms. The number of carbonyl (C=O) groups is 4. The van der Waals surface area contributed by atoms with Crippen molar-refractivity contribution in [3.05, 3.63) is 35.4 Å². The predicted octanol–water partition coefficient (Wildman–Crippen LogP) is 2.07. The molecule has 0 heterocycles. The van der Waals surface area contributed by atoms with Gasteiger partial charge in [0.05, 0.1) is 6.07 Å². The molecule has 10 heteroatoms. The Bertz CT molecular complexity index is 932. The minimum Gasteiger partial charge on any atom is -0.444 e. The minimum atomic E-state index is -1.24. The molecule has 0 saturated heterocycles. The molecule has 0 aromatic heterocycles. The van der Waals surface area contributed by atoms with Crippen LogP contribution in [0.3, 0.4) is 0 Å². The number of nitrogens with zero attached hydrogens (tertiary/aromatic N) is 2. The Labute approximate surface area is 200 Å². The second-order valence-corrected chi connectivity index (χ2v) is 9.31. The number of primary amides is 1. The summed E-state index contributed by atoms with van der Waals surface area (Å²) < 4.78 is 5.24. The smallest absolute Gasteiger partial charge is 0.408 e. The summed E-state index contributed by atoms with van der Waals surface area (Å²) in [6.45, 7) is 9.97. The lowest BCUT2D eigenvalue weighted by atomic mass is 10.00. The quantitative estimate of drug-likeness (QED) is 0.442. The first kappa shape index (κ1) is 28.4. The second kappa shape index (κ2) is 12.6. The number of benzene rings is 1. The summed E-state index contributed by atoms with van der Waals surface area (Å²) in [4.78, 5) is 51.7. The van der Waals surface area contributed by atoms with E-state index in [4.69, 9.17) is 10.5 Å². The molecule has 0 bridgehead atoms. The second-order valence-electron chi connectivity index (χ2n) is 9.31. The van der Waals surface area contributed by atoms with Crippen LogP contribution in [0.4, 0.5) is 4.79 Å². The number of carbonyl (C=O) groups excluding carboxylic acids is 4. The number of nitriles is 1. The van der Waals surface area contributed by atoms with Crippen LogP contribution in [-0.4, -0.2) is 52.9 Å². The molecular formula is C24H35N5O5. The third-order valence-corrected chi connectivity index (χ3v) is 4.54. The van der Waals surface area contributed by atoms with Crippen LogP contribution in [0.2, 0.25) is 0 Å². The number of nitrogens with two attached hydrogens (primary N) is 1. The molecule has 4 amide bonds. The van der Waals surface area contributed by atoms with Crippen LogP contribution in [-0.2, 0) is 19.1 Å². The topological polar surface area (TPSA) is 155 Å². The largest absolute Gasteiger partial charge is 0.444 e. The fourth-order valence-electron chi connectivity index (χ4n) is 3.24. The van der Waals surface area contributed by atoms with Gasteiger partial charge in [0.25, 0.3) is 0 Å². The maximum atomic E-state index is 13.6. The van der Waals surface area contributed by atoms with Crippen LogP contribution >= 0.6 is 0 Å². The fraction of sp³-hybridized carbons (Fsp3) is 0.542. The molecule has 0 aliphatic carbocycles. The lowest BCUT2D eigenvalue weighted by Crippen LogP contribution is -2.53. The van der Waals surface area contributed by atoms with Crippen LogP contribution in [0.15, 0.2) is 24.3 Å². The Hall–Kier alpha value is -3.61. The molecule has 0 aliphatic heterocycles. The zero-order valence-corrected chi connectivity index (χ0v) is 20.7. The number of aryl methyl sites for hydroxylation is 1. The molecule has 2 unspecified atom stereocenters. The van der Waals surface area contributed by atoms with Gasteiger partial charge in [-0.2, -0.15) is 5.26 Å². The van der Waals surface area contributed by atoms with Gasteiger partial charge in [0, 0.05) is 12.5 Å². The molecule has 0 radical (unpaired) electrons. The van der Waals surface area contributed by atoms with Crippen molar-refractivity contribution in [2.24, 2.45) is 5.73 Å². The highest BCUT2D eigenvalue weighted by atomic mass is 16.6. The number of hydrogen-bond acceptors (Lipinski definition) is 6. The first-order valence-corrected chi connectivity index (χ1v) is 11.1. The maximum Gasteiger partial charge on any atom is 0.408 e.